The number of rotatable bonds is 4. The first-order chi connectivity index (χ1) is 13.4. The molecule has 160 valence electrons. The fourth-order valence-corrected chi connectivity index (χ4v) is 9.25. The van der Waals surface area contributed by atoms with Crippen LogP contribution in [0.3, 0.4) is 0 Å². The van der Waals surface area contributed by atoms with E-state index >= 15 is 0 Å². The number of allylic oxidation sites excluding steroid dienone is 2. The van der Waals surface area contributed by atoms with Gasteiger partial charge in [-0.3, -0.25) is 4.79 Å². The molecule has 1 N–H and O–H groups in total. The standard InChI is InChI=1S/C24H38O3Si2/c1-24(2,3)29(6,7)27-20-16-21(28(4,5)17-12-9-8-10-13-17)19-15-11-14-18(20)22(25)23(19)26/h8-10,12-13,16,18-19,21,23,26H,11,14-15H2,1-7H3/t18-,19?,21-,23?/m0/s1. The number of fused-ring (bicyclic) bond motifs is 3. The third kappa shape index (κ3) is 4.19. The third-order valence-corrected chi connectivity index (χ3v) is 16.2. The van der Waals surface area contributed by atoms with Crippen LogP contribution in [0, 0.1) is 11.8 Å². The van der Waals surface area contributed by atoms with Gasteiger partial charge in [0.25, 0.3) is 0 Å². The van der Waals surface area contributed by atoms with Crippen molar-refractivity contribution in [3.05, 3.63) is 42.2 Å². The lowest BCUT2D eigenvalue weighted by molar-refractivity contribution is -0.132. The van der Waals surface area contributed by atoms with Gasteiger partial charge in [-0.25, -0.2) is 0 Å². The van der Waals surface area contributed by atoms with E-state index in [4.69, 9.17) is 4.43 Å². The zero-order valence-corrected chi connectivity index (χ0v) is 21.2. The van der Waals surface area contributed by atoms with Crippen molar-refractivity contribution in [3.8, 4) is 0 Å². The lowest BCUT2D eigenvalue weighted by Crippen LogP contribution is -2.50. The van der Waals surface area contributed by atoms with E-state index in [0.29, 0.717) is 0 Å². The molecule has 1 fully saturated rings. The molecule has 1 saturated carbocycles. The van der Waals surface area contributed by atoms with Crippen LogP contribution in [-0.4, -0.2) is 33.4 Å². The number of hydrogen-bond donors (Lipinski definition) is 1. The van der Waals surface area contributed by atoms with Gasteiger partial charge in [-0.05, 0) is 48.5 Å². The van der Waals surface area contributed by atoms with Crippen LogP contribution in [0.15, 0.2) is 42.2 Å². The summed E-state index contributed by atoms with van der Waals surface area (Å²) in [5.41, 5.74) is 0.189. The molecule has 0 amide bonds. The summed E-state index contributed by atoms with van der Waals surface area (Å²) in [4.78, 5) is 13.2. The molecule has 3 nitrogen and oxygen atoms in total. The average molecular weight is 431 g/mol. The van der Waals surface area contributed by atoms with Crippen LogP contribution in [0.4, 0.5) is 0 Å². The van der Waals surface area contributed by atoms with Crippen LogP contribution < -0.4 is 5.19 Å². The number of hydrogen-bond acceptors (Lipinski definition) is 3. The Hall–Kier alpha value is -1.18. The van der Waals surface area contributed by atoms with Crippen LogP contribution in [0.5, 0.6) is 0 Å². The van der Waals surface area contributed by atoms with Crippen LogP contribution in [0.1, 0.15) is 40.0 Å². The van der Waals surface area contributed by atoms with Gasteiger partial charge in [0.05, 0.1) is 19.8 Å². The fourth-order valence-electron chi connectivity index (χ4n) is 4.71. The molecule has 2 bridgehead atoms. The lowest BCUT2D eigenvalue weighted by Gasteiger charge is -2.40. The summed E-state index contributed by atoms with van der Waals surface area (Å²) in [6, 6.07) is 10.7. The predicted octanol–water partition coefficient (Wildman–Crippen LogP) is 5.24. The number of Topliss-reactive ketones (excluding diaryl/α,β-unsaturated/α-hetero) is 1. The summed E-state index contributed by atoms with van der Waals surface area (Å²) >= 11 is 0. The number of aliphatic hydroxyl groups is 1. The molecular formula is C24H38O3Si2. The van der Waals surface area contributed by atoms with Crippen LogP contribution >= 0.6 is 0 Å². The molecule has 2 unspecified atom stereocenters. The van der Waals surface area contributed by atoms with Crippen molar-refractivity contribution >= 4 is 27.4 Å². The van der Waals surface area contributed by atoms with E-state index < -0.39 is 22.5 Å². The van der Waals surface area contributed by atoms with E-state index in [-0.39, 0.29) is 28.2 Å². The predicted molar refractivity (Wildman–Crippen MR) is 126 cm³/mol. The maximum absolute atomic E-state index is 13.2. The Kier molecular flexibility index (Phi) is 6.07. The molecule has 2 aliphatic rings. The quantitative estimate of drug-likeness (QED) is 0.665. The van der Waals surface area contributed by atoms with Crippen molar-refractivity contribution < 1.29 is 14.3 Å². The molecule has 3 rings (SSSR count). The largest absolute Gasteiger partial charge is 0.546 e. The summed E-state index contributed by atoms with van der Waals surface area (Å²) in [7, 11) is -4.06. The maximum atomic E-state index is 13.2. The smallest absolute Gasteiger partial charge is 0.250 e. The summed E-state index contributed by atoms with van der Waals surface area (Å²) in [6.07, 6.45) is 4.11. The van der Waals surface area contributed by atoms with Gasteiger partial charge in [0.15, 0.2) is 5.78 Å². The second-order valence-corrected chi connectivity index (χ2v) is 20.5. The van der Waals surface area contributed by atoms with Crippen LogP contribution in [-0.2, 0) is 9.22 Å². The van der Waals surface area contributed by atoms with Crippen molar-refractivity contribution in [2.45, 2.75) is 82.9 Å². The number of carbonyl (C=O) groups excluding carboxylic acids is 1. The Bertz CT molecular complexity index is 777. The first kappa shape index (κ1) is 22.5. The average Bonchev–Trinajstić information content (AvgIpc) is 2.81. The molecule has 1 aromatic rings. The van der Waals surface area contributed by atoms with Gasteiger partial charge in [0, 0.05) is 0 Å². The Balaban J connectivity index is 2.11. The van der Waals surface area contributed by atoms with E-state index in [1.54, 1.807) is 0 Å². The maximum Gasteiger partial charge on any atom is 0.250 e. The highest BCUT2D eigenvalue weighted by Crippen LogP contribution is 2.48. The van der Waals surface area contributed by atoms with Gasteiger partial charge in [-0.2, -0.15) is 0 Å². The minimum Gasteiger partial charge on any atom is -0.546 e. The van der Waals surface area contributed by atoms with Crippen LogP contribution in [0.25, 0.3) is 0 Å². The van der Waals surface area contributed by atoms with E-state index in [0.717, 1.165) is 25.0 Å². The van der Waals surface area contributed by atoms with E-state index in [2.05, 4.69) is 83.4 Å². The minimum absolute atomic E-state index is 0.00473. The number of ketones is 1. The monoisotopic (exact) mass is 430 g/mol. The zero-order chi connectivity index (χ0) is 21.6. The Morgan fingerprint density at radius 2 is 1.66 bits per heavy atom. The summed E-state index contributed by atoms with van der Waals surface area (Å²) in [5, 5.41) is 12.5. The summed E-state index contributed by atoms with van der Waals surface area (Å²) in [6.45, 7) is 15.9. The molecule has 4 atom stereocenters. The van der Waals surface area contributed by atoms with Crippen molar-refractivity contribution in [2.75, 3.05) is 0 Å². The molecule has 0 radical (unpaired) electrons. The molecule has 2 aliphatic carbocycles. The van der Waals surface area contributed by atoms with Crippen LogP contribution in [0.2, 0.25) is 36.8 Å². The van der Waals surface area contributed by atoms with E-state index in [1.165, 1.54) is 5.19 Å². The third-order valence-electron chi connectivity index (χ3n) is 7.75. The molecule has 0 saturated heterocycles. The van der Waals surface area contributed by atoms with Gasteiger partial charge in [0.2, 0.25) is 8.32 Å². The highest BCUT2D eigenvalue weighted by molar-refractivity contribution is 6.91. The molecule has 0 spiro atoms. The normalized spacial score (nSPS) is 28.6. The number of benzene rings is 1. The number of aliphatic hydroxyl groups excluding tert-OH is 1. The lowest BCUT2D eigenvalue weighted by atomic mass is 9.93. The van der Waals surface area contributed by atoms with Gasteiger partial charge >= 0.3 is 0 Å². The van der Waals surface area contributed by atoms with Crippen molar-refractivity contribution in [1.82, 2.24) is 0 Å². The summed E-state index contributed by atoms with van der Waals surface area (Å²) in [5.74, 6) is 0.562. The number of carbonyl (C=O) groups is 1. The van der Waals surface area contributed by atoms with Gasteiger partial charge in [0.1, 0.15) is 6.10 Å². The Morgan fingerprint density at radius 3 is 2.24 bits per heavy atom. The minimum atomic E-state index is -2.08. The molecule has 0 aromatic heterocycles. The van der Waals surface area contributed by atoms with Crippen molar-refractivity contribution in [2.24, 2.45) is 11.8 Å². The highest BCUT2D eigenvalue weighted by atomic mass is 28.4. The molecule has 1 aromatic carbocycles. The van der Waals surface area contributed by atoms with Gasteiger partial charge in [-0.1, -0.05) is 75.8 Å². The van der Waals surface area contributed by atoms with Gasteiger partial charge < -0.3 is 9.53 Å². The first-order valence-electron chi connectivity index (χ1n) is 11.0. The SMILES string of the molecule is CC(C)(C)[Si](C)(C)OC1=C[C@H]([Si](C)(C)c2ccccc2)C2CCC[C@@H]1C(=O)C2O. The molecule has 0 heterocycles. The van der Waals surface area contributed by atoms with Crippen molar-refractivity contribution in [3.63, 3.8) is 0 Å². The zero-order valence-electron chi connectivity index (χ0n) is 19.2. The second-order valence-electron chi connectivity index (χ2n) is 11.0. The van der Waals surface area contributed by atoms with Crippen molar-refractivity contribution in [1.29, 1.82) is 0 Å². The summed E-state index contributed by atoms with van der Waals surface area (Å²) < 4.78 is 6.78. The highest BCUT2D eigenvalue weighted by Gasteiger charge is 2.50. The fraction of sp³-hybridized carbons (Fsp3) is 0.625. The molecule has 0 aliphatic heterocycles. The van der Waals surface area contributed by atoms with E-state index in [1.807, 2.05) is 0 Å². The Morgan fingerprint density at radius 1 is 1.03 bits per heavy atom. The Labute approximate surface area is 178 Å². The van der Waals surface area contributed by atoms with E-state index in [9.17, 15) is 9.90 Å². The molecule has 29 heavy (non-hydrogen) atoms. The van der Waals surface area contributed by atoms with Gasteiger partial charge in [-0.15, -0.1) is 0 Å². The molecular weight excluding hydrogens is 392 g/mol. The topological polar surface area (TPSA) is 46.5 Å². The second kappa shape index (κ2) is 7.82. The first-order valence-corrected chi connectivity index (χ1v) is 17.0. The molecule has 5 heteroatoms.